The lowest BCUT2D eigenvalue weighted by Gasteiger charge is -2.16. The lowest BCUT2D eigenvalue weighted by molar-refractivity contribution is -0.115. The van der Waals surface area contributed by atoms with Crippen LogP contribution in [0.15, 0.2) is 109 Å². The van der Waals surface area contributed by atoms with Gasteiger partial charge in [-0.15, -0.1) is 0 Å². The van der Waals surface area contributed by atoms with Gasteiger partial charge in [-0.1, -0.05) is 30.3 Å². The number of sulfone groups is 1. The first-order valence-corrected chi connectivity index (χ1v) is 19.2. The molecule has 4 heterocycles. The van der Waals surface area contributed by atoms with Crippen LogP contribution >= 0.6 is 0 Å². The summed E-state index contributed by atoms with van der Waals surface area (Å²) >= 11 is 0. The summed E-state index contributed by atoms with van der Waals surface area (Å²) in [4.78, 5) is 35.4. The molecule has 0 bridgehead atoms. The predicted octanol–water partition coefficient (Wildman–Crippen LogP) is 7.55. The molecule has 3 aromatic carbocycles. The second kappa shape index (κ2) is 15.9. The highest BCUT2D eigenvalue weighted by Gasteiger charge is 2.25. The number of nitrogens with one attached hydrogen (secondary N) is 2. The Hall–Kier alpha value is -6.74. The molecule has 0 fully saturated rings. The van der Waals surface area contributed by atoms with Crippen molar-refractivity contribution in [3.63, 3.8) is 0 Å². The molecule has 4 aromatic heterocycles. The van der Waals surface area contributed by atoms with Crippen molar-refractivity contribution in [2.45, 2.75) is 38.6 Å². The zero-order chi connectivity index (χ0) is 39.4. The van der Waals surface area contributed by atoms with E-state index in [1.165, 1.54) is 43.0 Å². The molecule has 0 unspecified atom stereocenters. The summed E-state index contributed by atoms with van der Waals surface area (Å²) in [5.74, 6) is -0.295. The summed E-state index contributed by atoms with van der Waals surface area (Å²) in [5.41, 5.74) is 6.27. The zero-order valence-corrected chi connectivity index (χ0v) is 31.8. The van der Waals surface area contributed by atoms with Crippen LogP contribution in [-0.4, -0.2) is 56.7 Å². The normalized spacial score (nSPS) is 11.4. The van der Waals surface area contributed by atoms with Gasteiger partial charge in [-0.05, 0) is 80.4 Å². The van der Waals surface area contributed by atoms with E-state index in [-0.39, 0.29) is 28.8 Å². The number of pyridine rings is 1. The lowest BCUT2D eigenvalue weighted by Crippen LogP contribution is -2.17. The molecule has 56 heavy (non-hydrogen) atoms. The molecule has 2 N–H and O–H groups in total. The van der Waals surface area contributed by atoms with Crippen LogP contribution < -0.4 is 20.1 Å². The molecule has 0 saturated heterocycles. The molecule has 1 amide bonds. The summed E-state index contributed by atoms with van der Waals surface area (Å²) in [6.45, 7) is 5.95. The Kier molecular flexibility index (Phi) is 10.7. The van der Waals surface area contributed by atoms with Crippen LogP contribution in [0.25, 0.3) is 28.1 Å². The highest BCUT2D eigenvalue weighted by molar-refractivity contribution is 7.91. The van der Waals surface area contributed by atoms with Gasteiger partial charge in [0.25, 0.3) is 0 Å². The molecule has 7 rings (SSSR count). The number of ether oxygens (including phenoxy) is 2. The Morgan fingerprint density at radius 3 is 2.41 bits per heavy atom. The van der Waals surface area contributed by atoms with Crippen molar-refractivity contribution in [1.82, 2.24) is 29.5 Å². The van der Waals surface area contributed by atoms with Crippen LogP contribution in [0.2, 0.25) is 0 Å². The smallest absolute Gasteiger partial charge is 0.322 e. The molecular weight excluding hydrogens is 736 g/mol. The highest BCUT2D eigenvalue weighted by atomic mass is 32.2. The fourth-order valence-electron chi connectivity index (χ4n) is 6.23. The van der Waals surface area contributed by atoms with E-state index in [4.69, 9.17) is 14.5 Å². The maximum atomic E-state index is 15.9. The number of benzene rings is 3. The van der Waals surface area contributed by atoms with Crippen LogP contribution in [0.1, 0.15) is 28.8 Å². The number of fused-ring (bicyclic) bond motifs is 1. The molecule has 0 aliphatic carbocycles. The topological polar surface area (TPSA) is 163 Å². The van der Waals surface area contributed by atoms with Crippen molar-refractivity contribution in [2.75, 3.05) is 23.5 Å². The molecule has 15 heteroatoms. The molecule has 0 radical (unpaired) electrons. The summed E-state index contributed by atoms with van der Waals surface area (Å²) in [7, 11) is -2.03. The Labute approximate surface area is 322 Å². The Morgan fingerprint density at radius 1 is 0.911 bits per heavy atom. The second-order valence-corrected chi connectivity index (χ2v) is 15.1. The standard InChI is InChI=1S/C41H37FN8O5S/c1-25-20-29(49-35(51)17-19-56(52,53)32-8-6-5-7-9-32)23-44-36(25)38-27(3)37-39(40(47-24-46-37)45-22-28-10-13-31(54-4)14-11-28)50(38)30-12-15-34(33(42)21-30)55-41-43-18-16-26(2)48-41/h5-16,18,20-21,23-24H,17,19,22H2,1-4H3,(H,49,51)(H,45,46,47). The zero-order valence-electron chi connectivity index (χ0n) is 30.9. The van der Waals surface area contributed by atoms with Gasteiger partial charge in [-0.2, -0.15) is 0 Å². The Bertz CT molecular complexity index is 2670. The molecule has 0 saturated carbocycles. The number of aromatic nitrogens is 6. The third-order valence-electron chi connectivity index (χ3n) is 9.03. The monoisotopic (exact) mass is 772 g/mol. The second-order valence-electron chi connectivity index (χ2n) is 12.9. The fourth-order valence-corrected chi connectivity index (χ4v) is 7.49. The first-order chi connectivity index (χ1) is 27.0. The first kappa shape index (κ1) is 37.6. The summed E-state index contributed by atoms with van der Waals surface area (Å²) in [6.07, 6.45) is 4.27. The van der Waals surface area contributed by atoms with Gasteiger partial charge >= 0.3 is 6.01 Å². The number of methoxy groups -OCH3 is 1. The van der Waals surface area contributed by atoms with E-state index in [1.54, 1.807) is 50.4 Å². The third-order valence-corrected chi connectivity index (χ3v) is 10.8. The molecule has 0 spiro atoms. The molecule has 0 atom stereocenters. The van der Waals surface area contributed by atoms with Crippen molar-refractivity contribution >= 4 is 38.3 Å². The van der Waals surface area contributed by atoms with E-state index in [1.807, 2.05) is 42.7 Å². The number of carbonyl (C=O) groups excluding carboxylic acids is 1. The first-order valence-electron chi connectivity index (χ1n) is 17.6. The van der Waals surface area contributed by atoms with Crippen molar-refractivity contribution in [1.29, 1.82) is 0 Å². The van der Waals surface area contributed by atoms with Crippen molar-refractivity contribution in [3.05, 3.63) is 132 Å². The molecule has 7 aromatic rings. The molecule has 0 aliphatic heterocycles. The largest absolute Gasteiger partial charge is 0.497 e. The van der Waals surface area contributed by atoms with E-state index in [2.05, 4.69) is 30.6 Å². The van der Waals surface area contributed by atoms with Gasteiger partial charge in [0.2, 0.25) is 5.91 Å². The van der Waals surface area contributed by atoms with Crippen LogP contribution in [0.5, 0.6) is 17.5 Å². The van der Waals surface area contributed by atoms with Crippen molar-refractivity contribution in [3.8, 4) is 34.6 Å². The van der Waals surface area contributed by atoms with Crippen LogP contribution in [0, 0.1) is 26.6 Å². The molecular formula is C41H37FN8O5S. The summed E-state index contributed by atoms with van der Waals surface area (Å²) < 4.78 is 54.3. The van der Waals surface area contributed by atoms with Gasteiger partial charge < -0.3 is 24.7 Å². The highest BCUT2D eigenvalue weighted by Crippen LogP contribution is 2.39. The average molecular weight is 773 g/mol. The third kappa shape index (κ3) is 8.03. The van der Waals surface area contributed by atoms with Gasteiger partial charge in [-0.25, -0.2) is 32.7 Å². The number of anilines is 2. The number of aryl methyl sites for hydroxylation is 3. The van der Waals surface area contributed by atoms with E-state index in [0.29, 0.717) is 57.4 Å². The SMILES string of the molecule is COc1ccc(CNc2ncnc3c(C)c(-c4ncc(NC(=O)CCS(=O)(=O)c5ccccc5)cc4C)n(-c4ccc(Oc5nccc(C)n5)c(F)c4)c23)cc1. The maximum Gasteiger partial charge on any atom is 0.322 e. The van der Waals surface area contributed by atoms with E-state index in [0.717, 1.165) is 16.9 Å². The predicted molar refractivity (Wildman–Crippen MR) is 210 cm³/mol. The van der Waals surface area contributed by atoms with E-state index in [9.17, 15) is 13.2 Å². The number of rotatable bonds is 13. The summed E-state index contributed by atoms with van der Waals surface area (Å²) in [5, 5.41) is 6.20. The minimum absolute atomic E-state index is 0.0165. The lowest BCUT2D eigenvalue weighted by atomic mass is 10.1. The quantitative estimate of drug-likeness (QED) is 0.119. The minimum Gasteiger partial charge on any atom is -0.497 e. The number of amides is 1. The van der Waals surface area contributed by atoms with E-state index < -0.39 is 21.6 Å². The number of halogens is 1. The average Bonchev–Trinajstić information content (AvgIpc) is 3.49. The molecule has 284 valence electrons. The van der Waals surface area contributed by atoms with Crippen LogP contribution in [0.4, 0.5) is 15.9 Å². The number of hydrogen-bond acceptors (Lipinski definition) is 11. The minimum atomic E-state index is -3.64. The van der Waals surface area contributed by atoms with Gasteiger partial charge in [0.15, 0.2) is 27.2 Å². The van der Waals surface area contributed by atoms with Crippen molar-refractivity contribution < 1.29 is 27.1 Å². The van der Waals surface area contributed by atoms with Crippen molar-refractivity contribution in [2.24, 2.45) is 0 Å². The van der Waals surface area contributed by atoms with Gasteiger partial charge in [0.1, 0.15) is 17.6 Å². The summed E-state index contributed by atoms with van der Waals surface area (Å²) in [6, 6.07) is 23.7. The number of hydrogen-bond donors (Lipinski definition) is 2. The van der Waals surface area contributed by atoms with Gasteiger partial charge in [0, 0.05) is 42.2 Å². The Balaban J connectivity index is 1.25. The van der Waals surface area contributed by atoms with Gasteiger partial charge in [-0.3, -0.25) is 9.78 Å². The van der Waals surface area contributed by atoms with E-state index >= 15 is 4.39 Å². The van der Waals surface area contributed by atoms with Crippen LogP contribution in [-0.2, 0) is 21.2 Å². The molecule has 0 aliphatic rings. The number of carbonyl (C=O) groups is 1. The fraction of sp³-hybridized carbons (Fsp3) is 0.171. The van der Waals surface area contributed by atoms with Crippen LogP contribution in [0.3, 0.4) is 0 Å². The number of nitrogens with zero attached hydrogens (tertiary/aromatic N) is 6. The molecule has 13 nitrogen and oxygen atoms in total. The van der Waals surface area contributed by atoms with Gasteiger partial charge in [0.05, 0.1) is 46.5 Å². The maximum absolute atomic E-state index is 15.9. The Morgan fingerprint density at radius 2 is 1.70 bits per heavy atom.